The molecule has 0 radical (unpaired) electrons. The quantitative estimate of drug-likeness (QED) is 0.604. The third-order valence-electron chi connectivity index (χ3n) is 6.07. The zero-order valence-corrected chi connectivity index (χ0v) is 19.2. The molecule has 1 saturated heterocycles. The van der Waals surface area contributed by atoms with Crippen LogP contribution in [0.3, 0.4) is 0 Å². The van der Waals surface area contributed by atoms with Gasteiger partial charge in [-0.2, -0.15) is 4.31 Å². The predicted octanol–water partition coefficient (Wildman–Crippen LogP) is 3.48. The Morgan fingerprint density at radius 3 is 2.13 bits per heavy atom. The van der Waals surface area contributed by atoms with Crippen molar-refractivity contribution in [3.63, 3.8) is 0 Å². The second-order valence-corrected chi connectivity index (χ2v) is 10.0. The third kappa shape index (κ3) is 4.28. The smallest absolute Gasteiger partial charge is 0.247 e. The molecule has 1 fully saturated rings. The van der Waals surface area contributed by atoms with Gasteiger partial charge in [0.05, 0.1) is 11.4 Å². The summed E-state index contributed by atoms with van der Waals surface area (Å²) in [7, 11) is -3.54. The molecule has 0 unspecified atom stereocenters. The summed E-state index contributed by atoms with van der Waals surface area (Å²) in [6, 6.07) is 11.7. The number of hydrogen-bond acceptors (Lipinski definition) is 6. The van der Waals surface area contributed by atoms with Crippen LogP contribution >= 0.6 is 0 Å². The maximum atomic E-state index is 13.4. The first kappa shape index (κ1) is 21.7. The topological polar surface area (TPSA) is 79.5 Å². The van der Waals surface area contributed by atoms with E-state index in [4.69, 9.17) is 4.42 Å². The fourth-order valence-electron chi connectivity index (χ4n) is 4.03. The van der Waals surface area contributed by atoms with Gasteiger partial charge >= 0.3 is 0 Å². The largest absolute Gasteiger partial charge is 0.419 e. The summed E-state index contributed by atoms with van der Waals surface area (Å²) in [6.07, 6.45) is 0. The highest BCUT2D eigenvalue weighted by molar-refractivity contribution is 7.89. The molecule has 7 nitrogen and oxygen atoms in total. The van der Waals surface area contributed by atoms with Crippen LogP contribution in [-0.4, -0.2) is 54.0 Å². The van der Waals surface area contributed by atoms with Gasteiger partial charge in [-0.1, -0.05) is 24.3 Å². The number of sulfonamides is 1. The van der Waals surface area contributed by atoms with Gasteiger partial charge in [-0.15, -0.1) is 10.2 Å². The Hall–Kier alpha value is -2.55. The molecule has 1 aromatic heterocycles. The van der Waals surface area contributed by atoms with Crippen LogP contribution in [0.2, 0.25) is 0 Å². The van der Waals surface area contributed by atoms with Crippen molar-refractivity contribution in [2.24, 2.45) is 0 Å². The summed E-state index contributed by atoms with van der Waals surface area (Å²) in [5, 5.41) is 8.29. The highest BCUT2D eigenvalue weighted by Crippen LogP contribution is 2.29. The van der Waals surface area contributed by atoms with Gasteiger partial charge in [0, 0.05) is 31.7 Å². The monoisotopic (exact) mass is 440 g/mol. The third-order valence-corrected chi connectivity index (χ3v) is 8.25. The molecule has 0 bridgehead atoms. The fraction of sp³-hybridized carbons (Fsp3) is 0.391. The average molecular weight is 441 g/mol. The number of nitrogens with zero attached hydrogens (tertiary/aromatic N) is 4. The van der Waals surface area contributed by atoms with Crippen molar-refractivity contribution in [1.29, 1.82) is 0 Å². The Morgan fingerprint density at radius 1 is 0.903 bits per heavy atom. The molecule has 1 aliphatic heterocycles. The van der Waals surface area contributed by atoms with Gasteiger partial charge in [-0.05, 0) is 62.1 Å². The number of rotatable bonds is 5. The maximum absolute atomic E-state index is 13.4. The Labute approximate surface area is 183 Å². The van der Waals surface area contributed by atoms with E-state index in [9.17, 15) is 8.42 Å². The lowest BCUT2D eigenvalue weighted by molar-refractivity contribution is 0.168. The predicted molar refractivity (Wildman–Crippen MR) is 119 cm³/mol. The van der Waals surface area contributed by atoms with Crippen LogP contribution in [0.5, 0.6) is 0 Å². The molecule has 2 heterocycles. The van der Waals surface area contributed by atoms with E-state index in [2.05, 4.69) is 21.2 Å². The second-order valence-electron chi connectivity index (χ2n) is 8.14. The van der Waals surface area contributed by atoms with Crippen molar-refractivity contribution in [3.05, 3.63) is 64.5 Å². The van der Waals surface area contributed by atoms with Gasteiger partial charge in [0.25, 0.3) is 0 Å². The molecule has 2 aromatic carbocycles. The normalized spacial score (nSPS) is 16.0. The summed E-state index contributed by atoms with van der Waals surface area (Å²) < 4.78 is 34.2. The number of piperazine rings is 1. The minimum Gasteiger partial charge on any atom is -0.419 e. The van der Waals surface area contributed by atoms with E-state index in [1.54, 1.807) is 4.31 Å². The number of aryl methyl sites for hydroxylation is 2. The number of hydrogen-bond donors (Lipinski definition) is 0. The van der Waals surface area contributed by atoms with Crippen LogP contribution in [0, 0.1) is 27.7 Å². The molecule has 8 heteroatoms. The minimum atomic E-state index is -3.54. The van der Waals surface area contributed by atoms with Gasteiger partial charge in [0.15, 0.2) is 0 Å². The van der Waals surface area contributed by atoms with Crippen LogP contribution in [-0.2, 0) is 16.6 Å². The standard InChI is InChI=1S/C23H28N4O3S/c1-16-14-17(2)19(4)22(18(16)3)31(28,29)27-12-10-26(11-13-27)15-21-24-25-23(30-21)20-8-6-5-7-9-20/h5-9,14H,10-13,15H2,1-4H3. The molecule has 0 saturated carbocycles. The highest BCUT2D eigenvalue weighted by Gasteiger charge is 2.32. The van der Waals surface area contributed by atoms with Gasteiger partial charge < -0.3 is 4.42 Å². The van der Waals surface area contributed by atoms with Gasteiger partial charge in [0.1, 0.15) is 0 Å². The van der Waals surface area contributed by atoms with Crippen LogP contribution in [0.4, 0.5) is 0 Å². The van der Waals surface area contributed by atoms with E-state index in [1.165, 1.54) is 0 Å². The first-order valence-electron chi connectivity index (χ1n) is 10.4. The van der Waals surface area contributed by atoms with Crippen molar-refractivity contribution in [1.82, 2.24) is 19.4 Å². The van der Waals surface area contributed by atoms with E-state index in [-0.39, 0.29) is 0 Å². The molecule has 31 heavy (non-hydrogen) atoms. The van der Waals surface area contributed by atoms with Crippen molar-refractivity contribution in [3.8, 4) is 11.5 Å². The summed E-state index contributed by atoms with van der Waals surface area (Å²) in [5.41, 5.74) is 4.57. The molecule has 3 aromatic rings. The van der Waals surface area contributed by atoms with Gasteiger partial charge in [-0.25, -0.2) is 8.42 Å². The summed E-state index contributed by atoms with van der Waals surface area (Å²) in [6.45, 7) is 10.3. The zero-order chi connectivity index (χ0) is 22.2. The number of benzene rings is 2. The molecule has 164 valence electrons. The average Bonchev–Trinajstić information content (AvgIpc) is 3.22. The molecule has 0 amide bonds. The summed E-state index contributed by atoms with van der Waals surface area (Å²) in [5.74, 6) is 1.04. The Bertz CT molecular complexity index is 1150. The molecule has 1 aliphatic rings. The maximum Gasteiger partial charge on any atom is 0.247 e. The fourth-order valence-corrected chi connectivity index (χ4v) is 6.03. The van der Waals surface area contributed by atoms with Crippen LogP contribution in [0.1, 0.15) is 28.1 Å². The Balaban J connectivity index is 1.44. The van der Waals surface area contributed by atoms with Gasteiger partial charge in [0.2, 0.25) is 21.8 Å². The highest BCUT2D eigenvalue weighted by atomic mass is 32.2. The van der Waals surface area contributed by atoms with Crippen molar-refractivity contribution < 1.29 is 12.8 Å². The van der Waals surface area contributed by atoms with Crippen LogP contribution in [0.15, 0.2) is 45.7 Å². The first-order chi connectivity index (χ1) is 14.8. The Kier molecular flexibility index (Phi) is 5.96. The van der Waals surface area contributed by atoms with E-state index >= 15 is 0 Å². The lowest BCUT2D eigenvalue weighted by atomic mass is 10.0. The van der Waals surface area contributed by atoms with Gasteiger partial charge in [-0.3, -0.25) is 4.90 Å². The lowest BCUT2D eigenvalue weighted by Crippen LogP contribution is -2.48. The van der Waals surface area contributed by atoms with Crippen molar-refractivity contribution in [2.75, 3.05) is 26.2 Å². The van der Waals surface area contributed by atoms with Crippen LogP contribution < -0.4 is 0 Å². The zero-order valence-electron chi connectivity index (χ0n) is 18.4. The van der Waals surface area contributed by atoms with Crippen molar-refractivity contribution in [2.45, 2.75) is 39.1 Å². The minimum absolute atomic E-state index is 0.438. The molecule has 0 atom stereocenters. The van der Waals surface area contributed by atoms with E-state index in [1.807, 2.05) is 58.0 Å². The van der Waals surface area contributed by atoms with E-state index < -0.39 is 10.0 Å². The molecular weight excluding hydrogens is 412 g/mol. The molecule has 0 N–H and O–H groups in total. The second kappa shape index (κ2) is 8.53. The molecule has 4 rings (SSSR count). The number of aromatic nitrogens is 2. The Morgan fingerprint density at radius 2 is 1.52 bits per heavy atom. The molecule has 0 spiro atoms. The SMILES string of the molecule is Cc1cc(C)c(C)c(S(=O)(=O)N2CCN(Cc3nnc(-c4ccccc4)o3)CC2)c1C. The van der Waals surface area contributed by atoms with Crippen LogP contribution in [0.25, 0.3) is 11.5 Å². The first-order valence-corrected chi connectivity index (χ1v) is 11.9. The summed E-state index contributed by atoms with van der Waals surface area (Å²) in [4.78, 5) is 2.61. The lowest BCUT2D eigenvalue weighted by Gasteiger charge is -2.34. The van der Waals surface area contributed by atoms with E-state index in [0.29, 0.717) is 49.4 Å². The van der Waals surface area contributed by atoms with Crippen molar-refractivity contribution >= 4 is 10.0 Å². The molecule has 0 aliphatic carbocycles. The summed E-state index contributed by atoms with van der Waals surface area (Å²) >= 11 is 0. The van der Waals surface area contributed by atoms with E-state index in [0.717, 1.165) is 27.8 Å². The molecular formula is C23H28N4O3S.